The number of nitrogens with one attached hydrogen (secondary N) is 1. The maximum absolute atomic E-state index is 12.8. The van der Waals surface area contributed by atoms with Crippen LogP contribution in [0.1, 0.15) is 16.2 Å². The van der Waals surface area contributed by atoms with Crippen LogP contribution in [0.4, 0.5) is 4.39 Å². The second-order valence-corrected chi connectivity index (χ2v) is 3.68. The zero-order valence-corrected chi connectivity index (χ0v) is 8.96. The number of ketones is 1. The maximum atomic E-state index is 12.8. The Labute approximate surface area is 96.3 Å². The fourth-order valence-corrected chi connectivity index (χ4v) is 1.57. The monoisotopic (exact) mass is 238 g/mol. The molecule has 0 saturated carbocycles. The molecule has 0 saturated heterocycles. The van der Waals surface area contributed by atoms with Crippen molar-refractivity contribution in [2.75, 3.05) is 0 Å². The molecular weight excluding hydrogens is 231 g/mol. The van der Waals surface area contributed by atoms with Crippen molar-refractivity contribution in [3.63, 3.8) is 0 Å². The Morgan fingerprint density at radius 1 is 1.50 bits per heavy atom. The molecular formula is C11H8ClFN2O. The zero-order valence-electron chi connectivity index (χ0n) is 8.21. The molecule has 5 heteroatoms. The number of nitrogens with zero attached hydrogens (tertiary/aromatic N) is 1. The van der Waals surface area contributed by atoms with Crippen LogP contribution in [-0.4, -0.2) is 15.8 Å². The van der Waals surface area contributed by atoms with Crippen LogP contribution < -0.4 is 0 Å². The molecule has 0 bridgehead atoms. The van der Waals surface area contributed by atoms with Crippen molar-refractivity contribution >= 4 is 17.4 Å². The largest absolute Gasteiger partial charge is 0.342 e. The first-order valence-corrected chi connectivity index (χ1v) is 5.01. The highest BCUT2D eigenvalue weighted by molar-refractivity contribution is 6.31. The van der Waals surface area contributed by atoms with Gasteiger partial charge in [0.05, 0.1) is 0 Å². The summed E-state index contributed by atoms with van der Waals surface area (Å²) in [4.78, 5) is 18.2. The average Bonchev–Trinajstić information content (AvgIpc) is 2.75. The Bertz CT molecular complexity index is 511. The summed E-state index contributed by atoms with van der Waals surface area (Å²) in [6.45, 7) is 0. The quantitative estimate of drug-likeness (QED) is 0.836. The number of Topliss-reactive ketones (excluding diaryl/α,β-unsaturated/α-hetero) is 1. The van der Waals surface area contributed by atoms with Crippen LogP contribution in [0.5, 0.6) is 0 Å². The third-order valence-corrected chi connectivity index (χ3v) is 2.48. The van der Waals surface area contributed by atoms with Gasteiger partial charge >= 0.3 is 0 Å². The molecule has 1 heterocycles. The third-order valence-electron chi connectivity index (χ3n) is 2.13. The van der Waals surface area contributed by atoms with Gasteiger partial charge in [0.1, 0.15) is 5.82 Å². The van der Waals surface area contributed by atoms with Crippen molar-refractivity contribution in [3.8, 4) is 0 Å². The molecule has 1 N–H and O–H groups in total. The molecule has 0 aliphatic heterocycles. The Morgan fingerprint density at radius 3 is 2.94 bits per heavy atom. The number of aromatic amines is 1. The van der Waals surface area contributed by atoms with E-state index < -0.39 is 5.82 Å². The van der Waals surface area contributed by atoms with Gasteiger partial charge in [-0.25, -0.2) is 9.37 Å². The maximum Gasteiger partial charge on any atom is 0.202 e. The van der Waals surface area contributed by atoms with Crippen LogP contribution in [0.2, 0.25) is 5.02 Å². The number of H-pyrrole nitrogens is 1. The van der Waals surface area contributed by atoms with E-state index in [1.165, 1.54) is 24.4 Å². The molecule has 0 unspecified atom stereocenters. The molecule has 82 valence electrons. The molecule has 0 fully saturated rings. The van der Waals surface area contributed by atoms with Gasteiger partial charge in [0.2, 0.25) is 5.78 Å². The molecule has 0 radical (unpaired) electrons. The molecule has 2 rings (SSSR count). The minimum absolute atomic E-state index is 0.104. The Balaban J connectivity index is 2.18. The molecule has 16 heavy (non-hydrogen) atoms. The van der Waals surface area contributed by atoms with Crippen LogP contribution in [0.3, 0.4) is 0 Å². The van der Waals surface area contributed by atoms with Gasteiger partial charge < -0.3 is 4.98 Å². The summed E-state index contributed by atoms with van der Waals surface area (Å²) >= 11 is 5.81. The first kappa shape index (κ1) is 10.8. The van der Waals surface area contributed by atoms with Gasteiger partial charge in [-0.3, -0.25) is 4.79 Å². The standard InChI is InChI=1S/C11H8ClFN2O/c12-9-6-8(13)2-1-7(9)5-10(16)11-14-3-4-15-11/h1-4,6H,5H2,(H,14,15). The Kier molecular flexibility index (Phi) is 3.01. The van der Waals surface area contributed by atoms with Crippen molar-refractivity contribution in [1.29, 1.82) is 0 Å². The van der Waals surface area contributed by atoms with Gasteiger partial charge in [-0.1, -0.05) is 17.7 Å². The van der Waals surface area contributed by atoms with Crippen molar-refractivity contribution in [2.45, 2.75) is 6.42 Å². The second-order valence-electron chi connectivity index (χ2n) is 3.27. The summed E-state index contributed by atoms with van der Waals surface area (Å²) in [5, 5.41) is 0.250. The smallest absolute Gasteiger partial charge is 0.202 e. The minimum Gasteiger partial charge on any atom is -0.342 e. The van der Waals surface area contributed by atoms with Crippen molar-refractivity contribution < 1.29 is 9.18 Å². The van der Waals surface area contributed by atoms with Crippen LogP contribution in [0, 0.1) is 5.82 Å². The van der Waals surface area contributed by atoms with Crippen LogP contribution >= 0.6 is 11.6 Å². The molecule has 0 atom stereocenters. The van der Waals surface area contributed by atoms with Crippen molar-refractivity contribution in [2.24, 2.45) is 0 Å². The summed E-state index contributed by atoms with van der Waals surface area (Å²) in [6.07, 6.45) is 3.17. The second kappa shape index (κ2) is 4.45. The number of aromatic nitrogens is 2. The highest BCUT2D eigenvalue weighted by atomic mass is 35.5. The molecule has 0 spiro atoms. The highest BCUT2D eigenvalue weighted by Crippen LogP contribution is 2.18. The lowest BCUT2D eigenvalue weighted by Crippen LogP contribution is -2.06. The van der Waals surface area contributed by atoms with Crippen LogP contribution in [0.25, 0.3) is 0 Å². The predicted octanol–water partition coefficient (Wildman–Crippen LogP) is 2.63. The van der Waals surface area contributed by atoms with Gasteiger partial charge in [-0.2, -0.15) is 0 Å². The van der Waals surface area contributed by atoms with Gasteiger partial charge in [0, 0.05) is 23.8 Å². The number of imidazole rings is 1. The number of halogens is 2. The van der Waals surface area contributed by atoms with E-state index in [9.17, 15) is 9.18 Å². The molecule has 1 aromatic carbocycles. The summed E-state index contributed by atoms with van der Waals surface area (Å²) < 4.78 is 12.8. The molecule has 0 amide bonds. The Hall–Kier alpha value is -1.68. The van der Waals surface area contributed by atoms with E-state index in [0.717, 1.165) is 0 Å². The van der Waals surface area contributed by atoms with E-state index in [1.54, 1.807) is 6.20 Å². The topological polar surface area (TPSA) is 45.8 Å². The normalized spacial score (nSPS) is 10.4. The lowest BCUT2D eigenvalue weighted by atomic mass is 10.1. The summed E-state index contributed by atoms with van der Waals surface area (Å²) in [5.74, 6) is -0.321. The van der Waals surface area contributed by atoms with Crippen molar-refractivity contribution in [1.82, 2.24) is 9.97 Å². The summed E-state index contributed by atoms with van der Waals surface area (Å²) in [7, 11) is 0. The number of hydrogen-bond donors (Lipinski definition) is 1. The lowest BCUT2D eigenvalue weighted by molar-refractivity contribution is 0.0984. The molecule has 2 aromatic rings. The highest BCUT2D eigenvalue weighted by Gasteiger charge is 2.11. The number of carbonyl (C=O) groups excluding carboxylic acids is 1. The van der Waals surface area contributed by atoms with E-state index in [4.69, 9.17) is 11.6 Å². The molecule has 3 nitrogen and oxygen atoms in total. The van der Waals surface area contributed by atoms with Crippen LogP contribution in [0.15, 0.2) is 30.6 Å². The van der Waals surface area contributed by atoms with E-state index >= 15 is 0 Å². The van der Waals surface area contributed by atoms with E-state index in [1.807, 2.05) is 0 Å². The van der Waals surface area contributed by atoms with Gasteiger partial charge in [-0.15, -0.1) is 0 Å². The molecule has 0 aliphatic carbocycles. The Morgan fingerprint density at radius 2 is 2.31 bits per heavy atom. The third kappa shape index (κ3) is 2.28. The first-order valence-electron chi connectivity index (χ1n) is 4.63. The fraction of sp³-hybridized carbons (Fsp3) is 0.0909. The van der Waals surface area contributed by atoms with Crippen LogP contribution in [-0.2, 0) is 6.42 Å². The molecule has 0 aliphatic rings. The van der Waals surface area contributed by atoms with Gasteiger partial charge in [0.15, 0.2) is 5.82 Å². The van der Waals surface area contributed by atoms with E-state index in [-0.39, 0.29) is 23.1 Å². The number of rotatable bonds is 3. The lowest BCUT2D eigenvalue weighted by Gasteiger charge is -2.02. The summed E-state index contributed by atoms with van der Waals surface area (Å²) in [6, 6.07) is 3.96. The number of benzene rings is 1. The molecule has 1 aromatic heterocycles. The average molecular weight is 239 g/mol. The first-order chi connectivity index (χ1) is 7.66. The number of carbonyl (C=O) groups is 1. The van der Waals surface area contributed by atoms with E-state index in [0.29, 0.717) is 5.56 Å². The van der Waals surface area contributed by atoms with Gasteiger partial charge in [-0.05, 0) is 17.7 Å². The summed E-state index contributed by atoms with van der Waals surface area (Å²) in [5.41, 5.74) is 0.587. The predicted molar refractivity (Wildman–Crippen MR) is 58.0 cm³/mol. The number of hydrogen-bond acceptors (Lipinski definition) is 2. The van der Waals surface area contributed by atoms with Gasteiger partial charge in [0.25, 0.3) is 0 Å². The van der Waals surface area contributed by atoms with E-state index in [2.05, 4.69) is 9.97 Å². The van der Waals surface area contributed by atoms with Crippen molar-refractivity contribution in [3.05, 3.63) is 52.8 Å². The fourth-order valence-electron chi connectivity index (χ4n) is 1.34. The zero-order chi connectivity index (χ0) is 11.5. The SMILES string of the molecule is O=C(Cc1ccc(F)cc1Cl)c1ncc[nH]1. The minimum atomic E-state index is -0.417.